The lowest BCUT2D eigenvalue weighted by Crippen LogP contribution is -2.06. The Morgan fingerprint density at radius 2 is 1.77 bits per heavy atom. The van der Waals surface area contributed by atoms with Gasteiger partial charge in [-0.1, -0.05) is 17.3 Å². The summed E-state index contributed by atoms with van der Waals surface area (Å²) in [5, 5.41) is 4.71. The van der Waals surface area contributed by atoms with Crippen LogP contribution in [0.5, 0.6) is 5.75 Å². The van der Waals surface area contributed by atoms with Gasteiger partial charge >= 0.3 is 11.6 Å². The molecule has 0 N–H and O–H groups in total. The summed E-state index contributed by atoms with van der Waals surface area (Å²) in [7, 11) is 0. The van der Waals surface area contributed by atoms with E-state index in [1.54, 1.807) is 44.2 Å². The summed E-state index contributed by atoms with van der Waals surface area (Å²) in [5.74, 6) is 0.803. The van der Waals surface area contributed by atoms with Crippen LogP contribution in [0.3, 0.4) is 0 Å². The minimum atomic E-state index is -0.424. The Balaban J connectivity index is 1.38. The second-order valence-corrected chi connectivity index (χ2v) is 7.27. The van der Waals surface area contributed by atoms with Crippen molar-refractivity contribution in [2.45, 2.75) is 34.0 Å². The number of ether oxygens (including phenoxy) is 2. The summed E-state index contributed by atoms with van der Waals surface area (Å²) in [4.78, 5) is 23.9. The predicted molar refractivity (Wildman–Crippen MR) is 113 cm³/mol. The number of aryl methyl sites for hydroxylation is 3. The summed E-state index contributed by atoms with van der Waals surface area (Å²) < 4.78 is 21.5. The van der Waals surface area contributed by atoms with Crippen molar-refractivity contribution >= 4 is 16.9 Å². The number of rotatable bonds is 6. The molecule has 0 aliphatic rings. The number of carbonyl (C=O) groups excluding carboxylic acids is 1. The van der Waals surface area contributed by atoms with Crippen LogP contribution in [0.1, 0.15) is 38.5 Å². The molecule has 0 unspecified atom stereocenters. The van der Waals surface area contributed by atoms with Gasteiger partial charge in [0.15, 0.2) is 0 Å². The van der Waals surface area contributed by atoms with E-state index in [-0.39, 0.29) is 12.2 Å². The largest absolute Gasteiger partial charge is 0.489 e. The molecule has 4 aromatic rings. The summed E-state index contributed by atoms with van der Waals surface area (Å²) in [5.41, 5.74) is 3.76. The molecular weight excluding hydrogens is 398 g/mol. The molecule has 4 rings (SSSR count). The van der Waals surface area contributed by atoms with E-state index >= 15 is 0 Å². The first-order valence-corrected chi connectivity index (χ1v) is 9.76. The number of hydrogen-bond acceptors (Lipinski definition) is 7. The van der Waals surface area contributed by atoms with Gasteiger partial charge in [0.05, 0.1) is 16.8 Å². The fourth-order valence-corrected chi connectivity index (χ4v) is 3.23. The molecule has 0 radical (unpaired) electrons. The van der Waals surface area contributed by atoms with E-state index in [0.29, 0.717) is 35.0 Å². The lowest BCUT2D eigenvalue weighted by atomic mass is 10.1. The van der Waals surface area contributed by atoms with Gasteiger partial charge in [0.2, 0.25) is 0 Å². The third-order valence-corrected chi connectivity index (χ3v) is 5.05. The smallest absolute Gasteiger partial charge is 0.338 e. The first-order valence-electron chi connectivity index (χ1n) is 9.76. The zero-order chi connectivity index (χ0) is 22.0. The summed E-state index contributed by atoms with van der Waals surface area (Å²) in [6.07, 6.45) is 0. The van der Waals surface area contributed by atoms with Crippen LogP contribution >= 0.6 is 0 Å². The van der Waals surface area contributed by atoms with Gasteiger partial charge in [-0.05, 0) is 56.2 Å². The molecule has 158 valence electrons. The number of esters is 1. The van der Waals surface area contributed by atoms with Crippen LogP contribution in [0, 0.1) is 20.8 Å². The first kappa shape index (κ1) is 20.4. The number of nitrogens with zero attached hydrogens (tertiary/aromatic N) is 1. The maximum Gasteiger partial charge on any atom is 0.338 e. The van der Waals surface area contributed by atoms with Crippen molar-refractivity contribution < 1.29 is 23.2 Å². The van der Waals surface area contributed by atoms with E-state index in [9.17, 15) is 9.59 Å². The maximum absolute atomic E-state index is 12.3. The van der Waals surface area contributed by atoms with Gasteiger partial charge in [-0.25, -0.2) is 9.59 Å². The minimum Gasteiger partial charge on any atom is -0.489 e. The lowest BCUT2D eigenvalue weighted by Gasteiger charge is -2.09. The quantitative estimate of drug-likeness (QED) is 0.332. The van der Waals surface area contributed by atoms with Crippen molar-refractivity contribution in [3.63, 3.8) is 0 Å². The van der Waals surface area contributed by atoms with Gasteiger partial charge in [-0.3, -0.25) is 0 Å². The molecule has 0 fully saturated rings. The Kier molecular flexibility index (Phi) is 5.58. The van der Waals surface area contributed by atoms with E-state index in [2.05, 4.69) is 5.16 Å². The number of aromatic nitrogens is 1. The second kappa shape index (κ2) is 8.47. The zero-order valence-electron chi connectivity index (χ0n) is 17.4. The van der Waals surface area contributed by atoms with Crippen molar-refractivity contribution in [1.82, 2.24) is 5.16 Å². The minimum absolute atomic E-state index is 0.114. The molecule has 0 saturated carbocycles. The molecule has 2 heterocycles. The molecule has 0 aliphatic heterocycles. The van der Waals surface area contributed by atoms with Crippen LogP contribution in [0.15, 0.2) is 62.3 Å². The summed E-state index contributed by atoms with van der Waals surface area (Å²) in [6, 6.07) is 13.8. The van der Waals surface area contributed by atoms with Crippen LogP contribution in [-0.4, -0.2) is 11.1 Å². The highest BCUT2D eigenvalue weighted by Crippen LogP contribution is 2.23. The van der Waals surface area contributed by atoms with Gasteiger partial charge in [-0.15, -0.1) is 0 Å². The van der Waals surface area contributed by atoms with Crippen LogP contribution < -0.4 is 10.4 Å². The monoisotopic (exact) mass is 419 g/mol. The molecular formula is C24H21NO6. The Bertz CT molecular complexity index is 1280. The van der Waals surface area contributed by atoms with Crippen LogP contribution in [0.2, 0.25) is 0 Å². The maximum atomic E-state index is 12.3. The number of carbonyl (C=O) groups is 1. The Morgan fingerprint density at radius 1 is 1.00 bits per heavy atom. The third-order valence-electron chi connectivity index (χ3n) is 5.05. The summed E-state index contributed by atoms with van der Waals surface area (Å²) in [6.45, 7) is 5.86. The first-order chi connectivity index (χ1) is 14.9. The standard InChI is InChI=1S/C24H21NO6/c1-14-10-23(26)30-22-11-19(8-9-20(14)22)28-12-17-4-6-18(7-5-17)24(27)29-13-21-15(2)25-31-16(21)3/h4-11H,12-13H2,1-3H3. The number of benzene rings is 2. The van der Waals surface area contributed by atoms with Gasteiger partial charge in [0, 0.05) is 17.5 Å². The molecule has 0 saturated heterocycles. The van der Waals surface area contributed by atoms with Crippen LogP contribution in [0.25, 0.3) is 11.0 Å². The van der Waals surface area contributed by atoms with E-state index < -0.39 is 5.97 Å². The molecule has 0 bridgehead atoms. The molecule has 0 amide bonds. The Labute approximate surface area is 178 Å². The van der Waals surface area contributed by atoms with Crippen molar-refractivity contribution in [2.75, 3.05) is 0 Å². The molecule has 31 heavy (non-hydrogen) atoms. The van der Waals surface area contributed by atoms with E-state index in [1.807, 2.05) is 19.1 Å². The van der Waals surface area contributed by atoms with Crippen molar-refractivity contribution in [2.24, 2.45) is 0 Å². The highest BCUT2D eigenvalue weighted by Gasteiger charge is 2.13. The molecule has 0 atom stereocenters. The zero-order valence-corrected chi connectivity index (χ0v) is 17.4. The molecule has 2 aromatic heterocycles. The van der Waals surface area contributed by atoms with E-state index in [1.165, 1.54) is 6.07 Å². The molecule has 0 aliphatic carbocycles. The number of fused-ring (bicyclic) bond motifs is 1. The third kappa shape index (κ3) is 4.50. The average molecular weight is 419 g/mol. The lowest BCUT2D eigenvalue weighted by molar-refractivity contribution is 0.0471. The van der Waals surface area contributed by atoms with E-state index in [0.717, 1.165) is 22.1 Å². The van der Waals surface area contributed by atoms with Crippen LogP contribution in [0.4, 0.5) is 0 Å². The Morgan fingerprint density at radius 3 is 2.48 bits per heavy atom. The van der Waals surface area contributed by atoms with Gasteiger partial charge < -0.3 is 18.4 Å². The molecule has 0 spiro atoms. The van der Waals surface area contributed by atoms with Gasteiger partial charge in [0.25, 0.3) is 0 Å². The summed E-state index contributed by atoms with van der Waals surface area (Å²) >= 11 is 0. The van der Waals surface area contributed by atoms with Gasteiger partial charge in [0.1, 0.15) is 30.3 Å². The normalized spacial score (nSPS) is 10.9. The Hall–Kier alpha value is -3.87. The van der Waals surface area contributed by atoms with Crippen molar-refractivity contribution in [1.29, 1.82) is 0 Å². The molecule has 2 aromatic carbocycles. The van der Waals surface area contributed by atoms with E-state index in [4.69, 9.17) is 18.4 Å². The second-order valence-electron chi connectivity index (χ2n) is 7.27. The predicted octanol–water partition coefficient (Wildman–Crippen LogP) is 4.64. The molecule has 7 heteroatoms. The van der Waals surface area contributed by atoms with Gasteiger partial charge in [-0.2, -0.15) is 0 Å². The average Bonchev–Trinajstić information content (AvgIpc) is 3.07. The molecule has 7 nitrogen and oxygen atoms in total. The number of hydrogen-bond donors (Lipinski definition) is 0. The van der Waals surface area contributed by atoms with Crippen LogP contribution in [-0.2, 0) is 18.0 Å². The highest BCUT2D eigenvalue weighted by molar-refractivity contribution is 5.89. The van der Waals surface area contributed by atoms with Crippen molar-refractivity contribution in [3.8, 4) is 5.75 Å². The fourth-order valence-electron chi connectivity index (χ4n) is 3.23. The topological polar surface area (TPSA) is 91.8 Å². The fraction of sp³-hybridized carbons (Fsp3) is 0.208. The SMILES string of the molecule is Cc1noc(C)c1COC(=O)c1ccc(COc2ccc3c(C)cc(=O)oc3c2)cc1. The van der Waals surface area contributed by atoms with Crippen molar-refractivity contribution in [3.05, 3.63) is 92.7 Å². The highest BCUT2D eigenvalue weighted by atomic mass is 16.5.